The van der Waals surface area contributed by atoms with Crippen molar-refractivity contribution in [1.29, 1.82) is 0 Å². The molecular weight excluding hydrogens is 462 g/mol. The highest BCUT2D eigenvalue weighted by Gasteiger charge is 2.29. The summed E-state index contributed by atoms with van der Waals surface area (Å²) in [5, 5.41) is 2.83. The summed E-state index contributed by atoms with van der Waals surface area (Å²) in [6, 6.07) is 6.70. The molecule has 3 rings (SSSR count). The molecule has 1 N–H and O–H groups in total. The van der Waals surface area contributed by atoms with Crippen molar-refractivity contribution in [3.8, 4) is 0 Å². The third-order valence-electron chi connectivity index (χ3n) is 6.40. The predicted molar refractivity (Wildman–Crippen MR) is 135 cm³/mol. The number of ether oxygens (including phenoxy) is 2. The Morgan fingerprint density at radius 1 is 1.00 bits per heavy atom. The lowest BCUT2D eigenvalue weighted by molar-refractivity contribution is -0.130. The zero-order valence-electron chi connectivity index (χ0n) is 21.6. The quantitative estimate of drug-likeness (QED) is 0.487. The van der Waals surface area contributed by atoms with Crippen LogP contribution in [-0.2, 0) is 19.1 Å². The van der Waals surface area contributed by atoms with Crippen molar-refractivity contribution in [3.63, 3.8) is 0 Å². The molecule has 0 radical (unpaired) electrons. The van der Waals surface area contributed by atoms with Crippen LogP contribution in [-0.4, -0.2) is 72.6 Å². The van der Waals surface area contributed by atoms with Gasteiger partial charge in [-0.1, -0.05) is 18.2 Å². The highest BCUT2D eigenvalue weighted by molar-refractivity contribution is 6.02. The Labute approximate surface area is 212 Å². The number of anilines is 1. The first kappa shape index (κ1) is 27.2. The number of likely N-dealkylation sites (tertiary alicyclic amines) is 2. The van der Waals surface area contributed by atoms with Gasteiger partial charge in [0.2, 0.25) is 11.8 Å². The molecule has 0 spiro atoms. The molecule has 9 nitrogen and oxygen atoms in total. The molecule has 2 fully saturated rings. The van der Waals surface area contributed by atoms with Crippen molar-refractivity contribution in [3.05, 3.63) is 42.0 Å². The average molecular weight is 500 g/mol. The number of hydrogen-bond acceptors (Lipinski definition) is 6. The van der Waals surface area contributed by atoms with Gasteiger partial charge < -0.3 is 24.6 Å². The van der Waals surface area contributed by atoms with Crippen molar-refractivity contribution in [2.75, 3.05) is 38.6 Å². The minimum Gasteiger partial charge on any atom is -0.465 e. The summed E-state index contributed by atoms with van der Waals surface area (Å²) in [5.74, 6) is -1.00. The van der Waals surface area contributed by atoms with Crippen molar-refractivity contribution >= 4 is 29.6 Å². The van der Waals surface area contributed by atoms with Gasteiger partial charge in [-0.25, -0.2) is 9.59 Å². The normalized spacial score (nSPS) is 19.2. The fraction of sp³-hybridized carbons (Fsp3) is 0.556. The van der Waals surface area contributed by atoms with Crippen LogP contribution in [0.25, 0.3) is 0 Å². The maximum atomic E-state index is 12.9. The van der Waals surface area contributed by atoms with Crippen LogP contribution >= 0.6 is 0 Å². The first-order valence-electron chi connectivity index (χ1n) is 12.5. The van der Waals surface area contributed by atoms with Gasteiger partial charge in [0.05, 0.1) is 24.3 Å². The number of amides is 3. The summed E-state index contributed by atoms with van der Waals surface area (Å²) in [5.41, 5.74) is 0.168. The number of nitrogens with one attached hydrogen (secondary N) is 1. The van der Waals surface area contributed by atoms with Gasteiger partial charge >= 0.3 is 12.1 Å². The van der Waals surface area contributed by atoms with E-state index in [1.54, 1.807) is 40.1 Å². The summed E-state index contributed by atoms with van der Waals surface area (Å²) < 4.78 is 10.2. The van der Waals surface area contributed by atoms with Crippen LogP contribution in [0, 0.1) is 11.8 Å². The fourth-order valence-corrected chi connectivity index (χ4v) is 4.43. The van der Waals surface area contributed by atoms with E-state index in [0.29, 0.717) is 38.3 Å². The van der Waals surface area contributed by atoms with Gasteiger partial charge in [-0.2, -0.15) is 0 Å². The third kappa shape index (κ3) is 7.57. The Bertz CT molecular complexity index is 991. The highest BCUT2D eigenvalue weighted by atomic mass is 16.6. The Balaban J connectivity index is 1.50. The van der Waals surface area contributed by atoms with Gasteiger partial charge in [0.1, 0.15) is 5.60 Å². The molecule has 1 unspecified atom stereocenters. The maximum absolute atomic E-state index is 12.9. The van der Waals surface area contributed by atoms with E-state index < -0.39 is 11.6 Å². The molecule has 0 aliphatic carbocycles. The van der Waals surface area contributed by atoms with Crippen LogP contribution in [0.1, 0.15) is 56.8 Å². The summed E-state index contributed by atoms with van der Waals surface area (Å²) in [7, 11) is 1.30. The maximum Gasteiger partial charge on any atom is 0.410 e. The van der Waals surface area contributed by atoms with Gasteiger partial charge in [0.15, 0.2) is 0 Å². The van der Waals surface area contributed by atoms with Gasteiger partial charge in [0.25, 0.3) is 0 Å². The predicted octanol–water partition coefficient (Wildman–Crippen LogP) is 3.85. The molecule has 2 aliphatic heterocycles. The largest absolute Gasteiger partial charge is 0.465 e. The number of piperidine rings is 2. The van der Waals surface area contributed by atoms with Gasteiger partial charge in [-0.3, -0.25) is 9.59 Å². The molecule has 2 saturated heterocycles. The number of carbonyl (C=O) groups excluding carboxylic acids is 4. The van der Waals surface area contributed by atoms with E-state index >= 15 is 0 Å². The Morgan fingerprint density at radius 3 is 2.36 bits per heavy atom. The van der Waals surface area contributed by atoms with E-state index in [1.165, 1.54) is 7.11 Å². The second-order valence-corrected chi connectivity index (χ2v) is 10.3. The number of allylic oxidation sites excluding steroid dienone is 1. The number of para-hydroxylation sites is 1. The van der Waals surface area contributed by atoms with Crippen LogP contribution in [0.15, 0.2) is 36.4 Å². The molecule has 9 heteroatoms. The molecule has 196 valence electrons. The summed E-state index contributed by atoms with van der Waals surface area (Å²) in [6.45, 7) is 7.66. The number of nitrogens with zero attached hydrogens (tertiary/aromatic N) is 2. The molecule has 1 atom stereocenters. The second-order valence-electron chi connectivity index (χ2n) is 10.3. The van der Waals surface area contributed by atoms with E-state index in [4.69, 9.17) is 9.47 Å². The number of esters is 1. The number of rotatable bonds is 5. The second kappa shape index (κ2) is 12.1. The summed E-state index contributed by atoms with van der Waals surface area (Å²) in [4.78, 5) is 53.4. The molecule has 36 heavy (non-hydrogen) atoms. The number of benzene rings is 1. The van der Waals surface area contributed by atoms with Crippen LogP contribution in [0.2, 0.25) is 0 Å². The SMILES string of the molecule is COC(=O)c1ccccc1NC(=O)C1CCCN(C(=O)C=CC2CCN(C(=O)OC(C)(C)C)CC2)C1. The molecule has 2 heterocycles. The molecule has 0 aromatic heterocycles. The lowest BCUT2D eigenvalue weighted by Gasteiger charge is -2.33. The molecule has 1 aromatic carbocycles. The van der Waals surface area contributed by atoms with E-state index in [0.717, 1.165) is 19.3 Å². The van der Waals surface area contributed by atoms with Crippen LogP contribution in [0.5, 0.6) is 0 Å². The standard InChI is InChI=1S/C27H37N3O6/c1-27(2,3)36-26(34)29-16-13-19(14-17-29)11-12-23(31)30-15-7-8-20(18-30)24(32)28-22-10-6-5-9-21(22)25(33)35-4/h5-6,9-12,19-20H,7-8,13-18H2,1-4H3,(H,28,32). The Morgan fingerprint density at radius 2 is 1.69 bits per heavy atom. The lowest BCUT2D eigenvalue weighted by Crippen LogP contribution is -2.43. The molecule has 0 bridgehead atoms. The van der Waals surface area contributed by atoms with E-state index in [2.05, 4.69) is 5.32 Å². The molecule has 2 aliphatic rings. The minimum absolute atomic E-state index is 0.114. The number of carbonyl (C=O) groups is 4. The van der Waals surface area contributed by atoms with Crippen molar-refractivity contribution in [2.45, 2.75) is 52.1 Å². The van der Waals surface area contributed by atoms with E-state index in [9.17, 15) is 19.2 Å². The first-order chi connectivity index (χ1) is 17.1. The topological polar surface area (TPSA) is 105 Å². The molecular formula is C27H37N3O6. The smallest absolute Gasteiger partial charge is 0.410 e. The summed E-state index contributed by atoms with van der Waals surface area (Å²) in [6.07, 6.45) is 6.16. The summed E-state index contributed by atoms with van der Waals surface area (Å²) >= 11 is 0. The molecule has 0 saturated carbocycles. The molecule has 3 amide bonds. The van der Waals surface area contributed by atoms with E-state index in [1.807, 2.05) is 26.8 Å². The number of hydrogen-bond donors (Lipinski definition) is 1. The lowest BCUT2D eigenvalue weighted by atomic mass is 9.95. The van der Waals surface area contributed by atoms with Crippen molar-refractivity contribution in [2.24, 2.45) is 11.8 Å². The van der Waals surface area contributed by atoms with E-state index in [-0.39, 0.29) is 35.3 Å². The zero-order valence-corrected chi connectivity index (χ0v) is 21.6. The average Bonchev–Trinajstić information content (AvgIpc) is 2.86. The fourth-order valence-electron chi connectivity index (χ4n) is 4.43. The minimum atomic E-state index is -0.520. The third-order valence-corrected chi connectivity index (χ3v) is 6.40. The highest BCUT2D eigenvalue weighted by Crippen LogP contribution is 2.23. The monoisotopic (exact) mass is 499 g/mol. The zero-order chi connectivity index (χ0) is 26.3. The molecule has 1 aromatic rings. The van der Waals surface area contributed by atoms with Crippen LogP contribution < -0.4 is 5.32 Å². The van der Waals surface area contributed by atoms with Gasteiger partial charge in [-0.05, 0) is 70.6 Å². The van der Waals surface area contributed by atoms with Crippen molar-refractivity contribution < 1.29 is 28.7 Å². The van der Waals surface area contributed by atoms with Crippen molar-refractivity contribution in [1.82, 2.24) is 9.80 Å². The van der Waals surface area contributed by atoms with Crippen LogP contribution in [0.4, 0.5) is 10.5 Å². The first-order valence-corrected chi connectivity index (χ1v) is 12.5. The van der Waals surface area contributed by atoms with Gasteiger partial charge in [0, 0.05) is 26.2 Å². The Hall–Kier alpha value is -3.36. The Kier molecular flexibility index (Phi) is 9.12. The number of methoxy groups -OCH3 is 1. The van der Waals surface area contributed by atoms with Gasteiger partial charge in [-0.15, -0.1) is 0 Å². The van der Waals surface area contributed by atoms with Crippen LogP contribution in [0.3, 0.4) is 0 Å².